The van der Waals surface area contributed by atoms with Gasteiger partial charge in [-0.15, -0.1) is 11.3 Å². The van der Waals surface area contributed by atoms with Crippen molar-refractivity contribution in [3.63, 3.8) is 0 Å². The molecule has 4 heterocycles. The zero-order valence-corrected chi connectivity index (χ0v) is 19.4. The number of rotatable bonds is 8. The predicted octanol–water partition coefficient (Wildman–Crippen LogP) is 2.77. The third kappa shape index (κ3) is 4.68. The molecule has 1 amide bonds. The summed E-state index contributed by atoms with van der Waals surface area (Å²) in [5, 5.41) is 8.23. The van der Waals surface area contributed by atoms with Gasteiger partial charge in [-0.25, -0.2) is 9.97 Å². The van der Waals surface area contributed by atoms with Gasteiger partial charge in [0.1, 0.15) is 0 Å². The minimum atomic E-state index is -0.254. The maximum atomic E-state index is 11.0. The molecule has 1 aromatic carbocycles. The monoisotopic (exact) mass is 465 g/mol. The van der Waals surface area contributed by atoms with Gasteiger partial charge in [0.25, 0.3) is 0 Å². The Morgan fingerprint density at radius 1 is 1.30 bits per heavy atom. The Kier molecular flexibility index (Phi) is 6.21. The summed E-state index contributed by atoms with van der Waals surface area (Å²) in [5.41, 5.74) is 8.15. The molecule has 33 heavy (non-hydrogen) atoms. The highest BCUT2D eigenvalue weighted by Gasteiger charge is 2.21. The lowest BCUT2D eigenvalue weighted by atomic mass is 10.1. The Bertz CT molecular complexity index is 1280. The van der Waals surface area contributed by atoms with Crippen LogP contribution in [0.15, 0.2) is 30.5 Å². The maximum absolute atomic E-state index is 11.0. The Morgan fingerprint density at radius 2 is 2.15 bits per heavy atom. The largest absolute Gasteiger partial charge is 0.378 e. The van der Waals surface area contributed by atoms with E-state index < -0.39 is 0 Å². The second kappa shape index (κ2) is 9.42. The summed E-state index contributed by atoms with van der Waals surface area (Å²) >= 11 is 1.74. The van der Waals surface area contributed by atoms with Crippen molar-refractivity contribution < 1.29 is 9.53 Å². The average molecular weight is 466 g/mol. The van der Waals surface area contributed by atoms with Crippen molar-refractivity contribution in [2.75, 3.05) is 44.8 Å². The van der Waals surface area contributed by atoms with E-state index in [0.717, 1.165) is 65.1 Å². The van der Waals surface area contributed by atoms with E-state index in [0.29, 0.717) is 25.5 Å². The number of benzene rings is 1. The Hall–Kier alpha value is -3.08. The molecule has 1 fully saturated rings. The zero-order chi connectivity index (χ0) is 22.8. The van der Waals surface area contributed by atoms with Gasteiger partial charge < -0.3 is 20.3 Å². The first kappa shape index (κ1) is 21.7. The summed E-state index contributed by atoms with van der Waals surface area (Å²) < 4.78 is 6.67. The van der Waals surface area contributed by atoms with Crippen LogP contribution in [-0.2, 0) is 16.1 Å². The number of carbonyl (C=O) groups is 1. The van der Waals surface area contributed by atoms with E-state index in [1.807, 2.05) is 24.4 Å². The zero-order valence-electron chi connectivity index (χ0n) is 18.6. The molecule has 0 spiro atoms. The first-order chi connectivity index (χ1) is 16.1. The summed E-state index contributed by atoms with van der Waals surface area (Å²) in [4.78, 5) is 26.8. The topological polar surface area (TPSA) is 113 Å². The maximum Gasteiger partial charge on any atom is 0.217 e. The molecule has 1 aliphatic rings. The minimum Gasteiger partial charge on any atom is -0.378 e. The van der Waals surface area contributed by atoms with E-state index in [1.54, 1.807) is 11.3 Å². The molecule has 1 saturated heterocycles. The van der Waals surface area contributed by atoms with Crippen LogP contribution >= 0.6 is 11.3 Å². The molecule has 0 bridgehead atoms. The molecule has 1 aliphatic heterocycles. The number of aromatic amines is 1. The summed E-state index contributed by atoms with van der Waals surface area (Å²) in [6, 6.07) is 8.21. The molecule has 0 atom stereocenters. The highest BCUT2D eigenvalue weighted by Crippen LogP contribution is 2.36. The van der Waals surface area contributed by atoms with Crippen molar-refractivity contribution in [3.8, 4) is 11.4 Å². The van der Waals surface area contributed by atoms with Crippen LogP contribution in [0.1, 0.15) is 17.7 Å². The van der Waals surface area contributed by atoms with Crippen LogP contribution in [0, 0.1) is 0 Å². The van der Waals surface area contributed by atoms with Crippen LogP contribution in [0.5, 0.6) is 0 Å². The highest BCUT2D eigenvalue weighted by molar-refractivity contribution is 7.19. The molecule has 3 N–H and O–H groups in total. The van der Waals surface area contributed by atoms with Gasteiger partial charge in [0.05, 0.1) is 35.1 Å². The summed E-state index contributed by atoms with van der Waals surface area (Å²) in [6.07, 6.45) is 2.99. The van der Waals surface area contributed by atoms with Gasteiger partial charge in [0.2, 0.25) is 5.91 Å². The lowest BCUT2D eigenvalue weighted by molar-refractivity contribution is -0.118. The number of fused-ring (bicyclic) bond motifs is 2. The number of aromatic nitrogens is 4. The predicted molar refractivity (Wildman–Crippen MR) is 130 cm³/mol. The van der Waals surface area contributed by atoms with Crippen LogP contribution in [-0.4, -0.2) is 70.9 Å². The van der Waals surface area contributed by atoms with Crippen LogP contribution < -0.4 is 10.6 Å². The molecular weight excluding hydrogens is 438 g/mol. The second-order valence-corrected chi connectivity index (χ2v) is 9.48. The lowest BCUT2D eigenvalue weighted by Gasteiger charge is -2.28. The number of thiophene rings is 1. The number of nitrogens with one attached hydrogen (secondary N) is 1. The summed E-state index contributed by atoms with van der Waals surface area (Å²) in [7, 11) is 2.06. The van der Waals surface area contributed by atoms with Gasteiger partial charge in [-0.2, -0.15) is 5.10 Å². The number of H-pyrrole nitrogens is 1. The number of anilines is 1. The van der Waals surface area contributed by atoms with Gasteiger partial charge in [-0.3, -0.25) is 9.89 Å². The molecule has 3 aromatic heterocycles. The van der Waals surface area contributed by atoms with Crippen molar-refractivity contribution in [1.29, 1.82) is 0 Å². The Balaban J connectivity index is 1.52. The van der Waals surface area contributed by atoms with Gasteiger partial charge in [0.15, 0.2) is 11.6 Å². The standard InChI is InChI=1S/C23H27N7O2S/c1-29(7-3-6-20(24)31)14-15-12-19-21(33-15)23(30-8-10-32-11-9-30)27-22(26-19)16-4-2-5-18-17(16)13-25-28-18/h2,4-5,12-13H,3,6-11,14H2,1H3,(H2,24,31)(H,25,28). The lowest BCUT2D eigenvalue weighted by Crippen LogP contribution is -2.36. The third-order valence-electron chi connectivity index (χ3n) is 5.83. The number of nitrogens with zero attached hydrogens (tertiary/aromatic N) is 5. The summed E-state index contributed by atoms with van der Waals surface area (Å²) in [6.45, 7) is 4.60. The molecule has 0 aliphatic carbocycles. The highest BCUT2D eigenvalue weighted by atomic mass is 32.1. The fourth-order valence-electron chi connectivity index (χ4n) is 4.18. The molecule has 10 heteroatoms. The van der Waals surface area contributed by atoms with Crippen LogP contribution in [0.25, 0.3) is 32.5 Å². The molecule has 0 unspecified atom stereocenters. The second-order valence-electron chi connectivity index (χ2n) is 8.34. The fraction of sp³-hybridized carbons (Fsp3) is 0.391. The van der Waals surface area contributed by atoms with Crippen molar-refractivity contribution >= 4 is 44.2 Å². The summed E-state index contributed by atoms with van der Waals surface area (Å²) in [5.74, 6) is 1.41. The van der Waals surface area contributed by atoms with E-state index in [1.165, 1.54) is 4.88 Å². The average Bonchev–Trinajstić information content (AvgIpc) is 3.45. The number of nitrogens with two attached hydrogens (primary N) is 1. The molecule has 0 saturated carbocycles. The number of amides is 1. The number of primary amides is 1. The van der Waals surface area contributed by atoms with Gasteiger partial charge in [-0.05, 0) is 32.1 Å². The van der Waals surface area contributed by atoms with Crippen molar-refractivity contribution in [3.05, 3.63) is 35.3 Å². The Labute approximate surface area is 195 Å². The first-order valence-corrected chi connectivity index (χ1v) is 11.9. The van der Waals surface area contributed by atoms with Crippen molar-refractivity contribution in [2.24, 2.45) is 5.73 Å². The molecule has 0 radical (unpaired) electrons. The van der Waals surface area contributed by atoms with Crippen molar-refractivity contribution in [1.82, 2.24) is 25.1 Å². The Morgan fingerprint density at radius 3 is 2.97 bits per heavy atom. The number of hydrogen-bond donors (Lipinski definition) is 2. The molecule has 9 nitrogen and oxygen atoms in total. The number of hydrogen-bond acceptors (Lipinski definition) is 8. The first-order valence-electron chi connectivity index (χ1n) is 11.1. The van der Waals surface area contributed by atoms with E-state index in [4.69, 9.17) is 20.4 Å². The van der Waals surface area contributed by atoms with Gasteiger partial charge in [-0.1, -0.05) is 12.1 Å². The molecule has 5 rings (SSSR count). The van der Waals surface area contributed by atoms with Gasteiger partial charge >= 0.3 is 0 Å². The van der Waals surface area contributed by atoms with E-state index in [2.05, 4.69) is 33.1 Å². The van der Waals surface area contributed by atoms with Crippen molar-refractivity contribution in [2.45, 2.75) is 19.4 Å². The van der Waals surface area contributed by atoms with E-state index in [-0.39, 0.29) is 5.91 Å². The van der Waals surface area contributed by atoms with Gasteiger partial charge in [0, 0.05) is 41.9 Å². The SMILES string of the molecule is CN(CCCC(N)=O)Cc1cc2nc(-c3cccc4[nH]ncc34)nc(N3CCOCC3)c2s1. The van der Waals surface area contributed by atoms with E-state index in [9.17, 15) is 4.79 Å². The molecular formula is C23H27N7O2S. The van der Waals surface area contributed by atoms with Crippen LogP contribution in [0.4, 0.5) is 5.82 Å². The van der Waals surface area contributed by atoms with E-state index >= 15 is 0 Å². The number of ether oxygens (including phenoxy) is 1. The minimum absolute atomic E-state index is 0.254. The van der Waals surface area contributed by atoms with Crippen LogP contribution in [0.3, 0.4) is 0 Å². The molecule has 4 aromatic rings. The quantitative estimate of drug-likeness (QED) is 0.411. The number of carbonyl (C=O) groups excluding carboxylic acids is 1. The third-order valence-corrected chi connectivity index (χ3v) is 6.93. The normalized spacial score (nSPS) is 14.5. The fourth-order valence-corrected chi connectivity index (χ4v) is 5.38. The smallest absolute Gasteiger partial charge is 0.217 e. The number of morpholine rings is 1. The molecule has 172 valence electrons. The van der Waals surface area contributed by atoms with Crippen LogP contribution in [0.2, 0.25) is 0 Å².